The van der Waals surface area contributed by atoms with E-state index < -0.39 is 16.0 Å². The first-order chi connectivity index (χ1) is 9.89. The lowest BCUT2D eigenvalue weighted by Crippen LogP contribution is -2.53. The van der Waals surface area contributed by atoms with Gasteiger partial charge in [-0.25, -0.2) is 13.2 Å². The fraction of sp³-hybridized carbons (Fsp3) is 0.500. The van der Waals surface area contributed by atoms with Crippen molar-refractivity contribution in [2.75, 3.05) is 19.6 Å². The van der Waals surface area contributed by atoms with Gasteiger partial charge in [-0.05, 0) is 12.5 Å². The van der Waals surface area contributed by atoms with Gasteiger partial charge in [0.25, 0.3) is 0 Å². The number of fused-ring (bicyclic) bond motifs is 1. The third-order valence-corrected chi connectivity index (χ3v) is 5.82. The van der Waals surface area contributed by atoms with Gasteiger partial charge in [-0.1, -0.05) is 0 Å². The lowest BCUT2D eigenvalue weighted by atomic mass is 10.2. The van der Waals surface area contributed by atoms with Crippen LogP contribution in [0, 0.1) is 0 Å². The predicted octanol–water partition coefficient (Wildman–Crippen LogP) is -0.292. The van der Waals surface area contributed by atoms with Crippen LogP contribution >= 0.6 is 0 Å². The number of carboxylic acid groups (broad SMARTS) is 1. The molecule has 0 bridgehead atoms. The van der Waals surface area contributed by atoms with Gasteiger partial charge in [-0.2, -0.15) is 4.31 Å². The molecule has 0 aromatic carbocycles. The van der Waals surface area contributed by atoms with Crippen LogP contribution in [0.15, 0.2) is 17.2 Å². The van der Waals surface area contributed by atoms with Crippen LogP contribution in [0.4, 0.5) is 0 Å². The summed E-state index contributed by atoms with van der Waals surface area (Å²) in [5.41, 5.74) is -0.164. The van der Waals surface area contributed by atoms with Gasteiger partial charge in [0.1, 0.15) is 10.6 Å². The average molecular weight is 313 g/mol. The minimum atomic E-state index is -3.73. The highest BCUT2D eigenvalue weighted by Crippen LogP contribution is 2.26. The molecule has 21 heavy (non-hydrogen) atoms. The average Bonchev–Trinajstić information content (AvgIpc) is 3.06. The van der Waals surface area contributed by atoms with Gasteiger partial charge < -0.3 is 15.0 Å². The van der Waals surface area contributed by atoms with Crippen LogP contribution in [-0.4, -0.2) is 65.3 Å². The zero-order valence-corrected chi connectivity index (χ0v) is 12.0. The number of carboxylic acids is 1. The zero-order chi connectivity index (χ0) is 15.2. The van der Waals surface area contributed by atoms with Crippen molar-refractivity contribution in [3.8, 4) is 0 Å². The fourth-order valence-electron chi connectivity index (χ4n) is 2.85. The lowest BCUT2D eigenvalue weighted by Gasteiger charge is -2.36. The smallest absolute Gasteiger partial charge is 0.352 e. The second-order valence-electron chi connectivity index (χ2n) is 5.20. The number of aromatic carboxylic acids is 1. The van der Waals surface area contributed by atoms with E-state index in [0.717, 1.165) is 6.07 Å². The van der Waals surface area contributed by atoms with Crippen molar-refractivity contribution in [2.24, 2.45) is 0 Å². The van der Waals surface area contributed by atoms with E-state index in [2.05, 4.69) is 4.98 Å². The second-order valence-corrected chi connectivity index (χ2v) is 7.13. The largest absolute Gasteiger partial charge is 0.477 e. The second kappa shape index (κ2) is 4.85. The molecule has 3 rings (SSSR count). The van der Waals surface area contributed by atoms with Crippen LogP contribution in [-0.2, 0) is 14.8 Å². The van der Waals surface area contributed by atoms with Crippen molar-refractivity contribution >= 4 is 21.9 Å². The van der Waals surface area contributed by atoms with Gasteiger partial charge in [0.05, 0.1) is 0 Å². The molecule has 0 spiro atoms. The summed E-state index contributed by atoms with van der Waals surface area (Å²) < 4.78 is 26.3. The van der Waals surface area contributed by atoms with Crippen molar-refractivity contribution in [3.05, 3.63) is 18.0 Å². The van der Waals surface area contributed by atoms with Crippen molar-refractivity contribution in [1.82, 2.24) is 14.2 Å². The molecule has 0 radical (unpaired) electrons. The van der Waals surface area contributed by atoms with Crippen molar-refractivity contribution in [2.45, 2.75) is 23.8 Å². The third kappa shape index (κ3) is 2.32. The maximum Gasteiger partial charge on any atom is 0.352 e. The Morgan fingerprint density at radius 3 is 2.81 bits per heavy atom. The Balaban J connectivity index is 1.82. The molecule has 1 unspecified atom stereocenters. The molecule has 2 fully saturated rings. The number of rotatable bonds is 3. The highest BCUT2D eigenvalue weighted by atomic mass is 32.2. The number of amides is 1. The van der Waals surface area contributed by atoms with Crippen LogP contribution in [0.5, 0.6) is 0 Å². The van der Waals surface area contributed by atoms with Gasteiger partial charge in [0.2, 0.25) is 15.9 Å². The van der Waals surface area contributed by atoms with Crippen LogP contribution in [0.1, 0.15) is 23.3 Å². The number of hydrogen-bond acceptors (Lipinski definition) is 4. The van der Waals surface area contributed by atoms with E-state index in [9.17, 15) is 18.0 Å². The molecule has 1 aromatic heterocycles. The van der Waals surface area contributed by atoms with Gasteiger partial charge >= 0.3 is 5.97 Å². The number of nitrogens with zero attached hydrogens (tertiary/aromatic N) is 2. The van der Waals surface area contributed by atoms with E-state index in [0.29, 0.717) is 19.4 Å². The fourth-order valence-corrected chi connectivity index (χ4v) is 4.31. The van der Waals surface area contributed by atoms with E-state index in [1.54, 1.807) is 4.90 Å². The minimum Gasteiger partial charge on any atom is -0.477 e. The summed E-state index contributed by atoms with van der Waals surface area (Å²) in [6.45, 7) is 0.888. The maximum atomic E-state index is 12.5. The Kier molecular flexibility index (Phi) is 3.25. The Labute approximate surface area is 121 Å². The van der Waals surface area contributed by atoms with Crippen molar-refractivity contribution in [3.63, 3.8) is 0 Å². The zero-order valence-electron chi connectivity index (χ0n) is 11.2. The first kappa shape index (κ1) is 14.1. The van der Waals surface area contributed by atoms with E-state index in [1.807, 2.05) is 0 Å². The van der Waals surface area contributed by atoms with Crippen LogP contribution < -0.4 is 0 Å². The minimum absolute atomic E-state index is 0.0577. The van der Waals surface area contributed by atoms with E-state index in [4.69, 9.17) is 5.11 Å². The number of nitrogens with one attached hydrogen (secondary N) is 1. The highest BCUT2D eigenvalue weighted by Gasteiger charge is 2.39. The van der Waals surface area contributed by atoms with Crippen LogP contribution in [0.2, 0.25) is 0 Å². The predicted molar refractivity (Wildman–Crippen MR) is 71.2 cm³/mol. The van der Waals surface area contributed by atoms with Gasteiger partial charge in [0.15, 0.2) is 0 Å². The maximum absolute atomic E-state index is 12.5. The van der Waals surface area contributed by atoms with E-state index >= 15 is 0 Å². The lowest BCUT2D eigenvalue weighted by molar-refractivity contribution is -0.130. The Morgan fingerprint density at radius 1 is 1.38 bits per heavy atom. The molecule has 2 aliphatic rings. The summed E-state index contributed by atoms with van der Waals surface area (Å²) in [5.74, 6) is -1.13. The van der Waals surface area contributed by atoms with Crippen LogP contribution in [0.3, 0.4) is 0 Å². The summed E-state index contributed by atoms with van der Waals surface area (Å²) in [6.07, 6.45) is 2.31. The number of aromatic nitrogens is 1. The highest BCUT2D eigenvalue weighted by molar-refractivity contribution is 7.89. The SMILES string of the molecule is O=C(O)c1cc(S(=O)(=O)N2CCN3C(=O)CCC3C2)c[nH]1. The Hall–Kier alpha value is -1.87. The first-order valence-electron chi connectivity index (χ1n) is 6.61. The number of piperazine rings is 1. The molecule has 2 aliphatic heterocycles. The van der Waals surface area contributed by atoms with Gasteiger partial charge in [-0.3, -0.25) is 4.79 Å². The summed E-state index contributed by atoms with van der Waals surface area (Å²) in [4.78, 5) is 26.5. The standard InChI is InChI=1S/C12H15N3O5S/c16-11-2-1-8-7-14(3-4-15(8)11)21(19,20)9-5-10(12(17)18)13-6-9/h5-6,8,13H,1-4,7H2,(H,17,18). The molecule has 9 heteroatoms. The van der Waals surface area contributed by atoms with Gasteiger partial charge in [-0.15, -0.1) is 0 Å². The third-order valence-electron chi connectivity index (χ3n) is 3.98. The number of hydrogen-bond donors (Lipinski definition) is 2. The summed E-state index contributed by atoms with van der Waals surface area (Å²) in [7, 11) is -3.73. The van der Waals surface area contributed by atoms with E-state index in [-0.39, 0.29) is 35.6 Å². The summed E-state index contributed by atoms with van der Waals surface area (Å²) in [6, 6.07) is 1.04. The summed E-state index contributed by atoms with van der Waals surface area (Å²) >= 11 is 0. The molecule has 0 aliphatic carbocycles. The Bertz CT molecular complexity index is 696. The first-order valence-corrected chi connectivity index (χ1v) is 8.05. The molecule has 114 valence electrons. The molecule has 3 heterocycles. The normalized spacial score (nSPS) is 23.3. The molecule has 1 atom stereocenters. The molecule has 0 saturated carbocycles. The monoisotopic (exact) mass is 313 g/mol. The molecule has 1 aromatic rings. The quantitative estimate of drug-likeness (QED) is 0.796. The van der Waals surface area contributed by atoms with E-state index in [1.165, 1.54) is 10.5 Å². The van der Waals surface area contributed by atoms with Crippen LogP contribution in [0.25, 0.3) is 0 Å². The molecule has 8 nitrogen and oxygen atoms in total. The Morgan fingerprint density at radius 2 is 2.14 bits per heavy atom. The molecular formula is C12H15N3O5S. The molecule has 2 N–H and O–H groups in total. The number of carbonyl (C=O) groups excluding carboxylic acids is 1. The van der Waals surface area contributed by atoms with Gasteiger partial charge in [0, 0.05) is 38.3 Å². The number of carbonyl (C=O) groups is 2. The van der Waals surface area contributed by atoms with Crippen molar-refractivity contribution < 1.29 is 23.1 Å². The van der Waals surface area contributed by atoms with Crippen molar-refractivity contribution in [1.29, 1.82) is 0 Å². The molecule has 1 amide bonds. The number of H-pyrrole nitrogens is 1. The number of sulfonamides is 1. The number of aromatic amines is 1. The molecular weight excluding hydrogens is 298 g/mol. The topological polar surface area (TPSA) is 111 Å². The summed E-state index contributed by atoms with van der Waals surface area (Å²) in [5, 5.41) is 8.84. The molecule has 2 saturated heterocycles.